The van der Waals surface area contributed by atoms with E-state index in [-0.39, 0.29) is 5.76 Å². The van der Waals surface area contributed by atoms with Crippen LogP contribution >= 0.6 is 0 Å². The summed E-state index contributed by atoms with van der Waals surface area (Å²) in [4.78, 5) is 16.0. The first-order chi connectivity index (χ1) is 11.2. The minimum Gasteiger partial charge on any atom is -0.463 e. The average Bonchev–Trinajstić information content (AvgIpc) is 3.07. The normalized spacial score (nSPS) is 10.7. The van der Waals surface area contributed by atoms with Gasteiger partial charge < -0.3 is 14.5 Å². The number of para-hydroxylation sites is 1. The number of ether oxygens (including phenoxy) is 1. The molecule has 118 valence electrons. The number of benzene rings is 1. The van der Waals surface area contributed by atoms with E-state index in [2.05, 4.69) is 22.0 Å². The van der Waals surface area contributed by atoms with Crippen molar-refractivity contribution >= 4 is 22.6 Å². The predicted molar refractivity (Wildman–Crippen MR) is 88.5 cm³/mol. The summed E-state index contributed by atoms with van der Waals surface area (Å²) in [6, 6.07) is 13.4. The number of furan rings is 1. The molecular weight excluding hydrogens is 292 g/mol. The van der Waals surface area contributed by atoms with Gasteiger partial charge in [-0.1, -0.05) is 25.1 Å². The zero-order valence-electron chi connectivity index (χ0n) is 13.1. The SMILES string of the molecule is CCc1cc(NCc2ccc(C(=O)OC)o2)c2ccccc2n1. The van der Waals surface area contributed by atoms with Crippen molar-refractivity contribution in [2.45, 2.75) is 19.9 Å². The van der Waals surface area contributed by atoms with Crippen LogP contribution in [-0.2, 0) is 17.7 Å². The molecular formula is C18H18N2O3. The first kappa shape index (κ1) is 15.1. The second-order valence-corrected chi connectivity index (χ2v) is 5.14. The highest BCUT2D eigenvalue weighted by Crippen LogP contribution is 2.24. The van der Waals surface area contributed by atoms with Crippen LogP contribution < -0.4 is 5.32 Å². The Morgan fingerprint density at radius 1 is 1.26 bits per heavy atom. The fraction of sp³-hybridized carbons (Fsp3) is 0.222. The lowest BCUT2D eigenvalue weighted by Crippen LogP contribution is -2.02. The molecule has 0 spiro atoms. The van der Waals surface area contributed by atoms with Gasteiger partial charge in [-0.05, 0) is 30.7 Å². The minimum absolute atomic E-state index is 0.207. The summed E-state index contributed by atoms with van der Waals surface area (Å²) in [5.41, 5.74) is 2.99. The molecule has 5 heteroatoms. The summed E-state index contributed by atoms with van der Waals surface area (Å²) in [7, 11) is 1.33. The van der Waals surface area contributed by atoms with E-state index in [0.29, 0.717) is 12.3 Å². The predicted octanol–water partition coefficient (Wildman–Crippen LogP) is 3.79. The summed E-state index contributed by atoms with van der Waals surface area (Å²) < 4.78 is 10.1. The average molecular weight is 310 g/mol. The summed E-state index contributed by atoms with van der Waals surface area (Å²) in [6.45, 7) is 2.56. The zero-order chi connectivity index (χ0) is 16.2. The number of methoxy groups -OCH3 is 1. The van der Waals surface area contributed by atoms with Crippen LogP contribution in [-0.4, -0.2) is 18.1 Å². The monoisotopic (exact) mass is 310 g/mol. The van der Waals surface area contributed by atoms with Crippen molar-refractivity contribution < 1.29 is 13.9 Å². The van der Waals surface area contributed by atoms with Crippen LogP contribution in [0.25, 0.3) is 10.9 Å². The molecule has 0 aliphatic heterocycles. The van der Waals surface area contributed by atoms with Crippen LogP contribution in [0.5, 0.6) is 0 Å². The van der Waals surface area contributed by atoms with E-state index in [9.17, 15) is 4.79 Å². The fourth-order valence-electron chi connectivity index (χ4n) is 2.42. The van der Waals surface area contributed by atoms with Crippen molar-refractivity contribution in [3.63, 3.8) is 0 Å². The van der Waals surface area contributed by atoms with E-state index < -0.39 is 5.97 Å². The molecule has 1 N–H and O–H groups in total. The van der Waals surface area contributed by atoms with Gasteiger partial charge in [-0.3, -0.25) is 4.98 Å². The number of hydrogen-bond donors (Lipinski definition) is 1. The summed E-state index contributed by atoms with van der Waals surface area (Å²) in [5, 5.41) is 4.42. The van der Waals surface area contributed by atoms with Gasteiger partial charge >= 0.3 is 5.97 Å². The van der Waals surface area contributed by atoms with Gasteiger partial charge in [0, 0.05) is 16.8 Å². The Labute approximate surface area is 134 Å². The Kier molecular flexibility index (Phi) is 4.28. The van der Waals surface area contributed by atoms with E-state index in [1.807, 2.05) is 30.3 Å². The van der Waals surface area contributed by atoms with E-state index in [4.69, 9.17) is 4.42 Å². The molecule has 0 atom stereocenters. The number of nitrogens with zero attached hydrogens (tertiary/aromatic N) is 1. The summed E-state index contributed by atoms with van der Waals surface area (Å²) >= 11 is 0. The molecule has 2 heterocycles. The highest BCUT2D eigenvalue weighted by Gasteiger charge is 2.11. The van der Waals surface area contributed by atoms with Crippen molar-refractivity contribution in [3.8, 4) is 0 Å². The number of pyridine rings is 1. The third-order valence-corrected chi connectivity index (χ3v) is 3.63. The maximum atomic E-state index is 11.4. The first-order valence-electron chi connectivity index (χ1n) is 7.51. The Balaban J connectivity index is 1.84. The highest BCUT2D eigenvalue weighted by molar-refractivity contribution is 5.91. The number of esters is 1. The standard InChI is InChI=1S/C18H18N2O3/c1-3-12-10-16(14-6-4-5-7-15(14)20-12)19-11-13-8-9-17(23-13)18(21)22-2/h4-10H,3,11H2,1-2H3,(H,19,20). The van der Waals surface area contributed by atoms with E-state index in [0.717, 1.165) is 28.7 Å². The Morgan fingerprint density at radius 2 is 2.09 bits per heavy atom. The quantitative estimate of drug-likeness (QED) is 0.726. The lowest BCUT2D eigenvalue weighted by Gasteiger charge is -2.10. The maximum Gasteiger partial charge on any atom is 0.373 e. The van der Waals surface area contributed by atoms with Crippen molar-refractivity contribution in [1.29, 1.82) is 0 Å². The molecule has 3 rings (SSSR count). The van der Waals surface area contributed by atoms with Crippen molar-refractivity contribution in [1.82, 2.24) is 4.98 Å². The van der Waals surface area contributed by atoms with Crippen LogP contribution in [0, 0.1) is 0 Å². The van der Waals surface area contributed by atoms with Gasteiger partial charge in [-0.25, -0.2) is 4.79 Å². The van der Waals surface area contributed by atoms with Crippen LogP contribution in [0.4, 0.5) is 5.69 Å². The number of aromatic nitrogens is 1. The largest absolute Gasteiger partial charge is 0.463 e. The molecule has 2 aromatic heterocycles. The minimum atomic E-state index is -0.473. The molecule has 5 nitrogen and oxygen atoms in total. The first-order valence-corrected chi connectivity index (χ1v) is 7.51. The number of fused-ring (bicyclic) bond motifs is 1. The van der Waals surface area contributed by atoms with Gasteiger partial charge in [0.25, 0.3) is 0 Å². The van der Waals surface area contributed by atoms with E-state index >= 15 is 0 Å². The van der Waals surface area contributed by atoms with Crippen LogP contribution in [0.1, 0.15) is 28.9 Å². The molecule has 0 saturated carbocycles. The van der Waals surface area contributed by atoms with E-state index in [1.54, 1.807) is 12.1 Å². The molecule has 23 heavy (non-hydrogen) atoms. The number of carbonyl (C=O) groups excluding carboxylic acids is 1. The second kappa shape index (κ2) is 6.52. The molecule has 3 aromatic rings. The molecule has 0 unspecified atom stereocenters. The third kappa shape index (κ3) is 3.18. The topological polar surface area (TPSA) is 64.4 Å². The number of anilines is 1. The summed E-state index contributed by atoms with van der Waals surface area (Å²) in [6.07, 6.45) is 0.868. The van der Waals surface area contributed by atoms with Crippen molar-refractivity contribution in [2.24, 2.45) is 0 Å². The number of carbonyl (C=O) groups is 1. The molecule has 0 radical (unpaired) electrons. The van der Waals surface area contributed by atoms with Gasteiger partial charge in [-0.2, -0.15) is 0 Å². The van der Waals surface area contributed by atoms with E-state index in [1.165, 1.54) is 7.11 Å². The van der Waals surface area contributed by atoms with Gasteiger partial charge in [0.1, 0.15) is 5.76 Å². The Bertz CT molecular complexity index is 839. The molecule has 0 amide bonds. The van der Waals surface area contributed by atoms with Crippen molar-refractivity contribution in [2.75, 3.05) is 12.4 Å². The third-order valence-electron chi connectivity index (χ3n) is 3.63. The molecule has 0 aliphatic carbocycles. The van der Waals surface area contributed by atoms with Crippen LogP contribution in [0.15, 0.2) is 46.9 Å². The molecule has 0 aliphatic rings. The maximum absolute atomic E-state index is 11.4. The lowest BCUT2D eigenvalue weighted by atomic mass is 10.1. The number of hydrogen-bond acceptors (Lipinski definition) is 5. The van der Waals surface area contributed by atoms with Gasteiger partial charge in [-0.15, -0.1) is 0 Å². The van der Waals surface area contributed by atoms with Gasteiger partial charge in [0.05, 0.1) is 19.2 Å². The van der Waals surface area contributed by atoms with Crippen LogP contribution in [0.3, 0.4) is 0 Å². The number of nitrogens with one attached hydrogen (secondary N) is 1. The smallest absolute Gasteiger partial charge is 0.373 e. The highest BCUT2D eigenvalue weighted by atomic mass is 16.5. The fourth-order valence-corrected chi connectivity index (χ4v) is 2.42. The number of aryl methyl sites for hydroxylation is 1. The molecule has 0 bridgehead atoms. The van der Waals surface area contributed by atoms with Crippen LogP contribution in [0.2, 0.25) is 0 Å². The zero-order valence-corrected chi connectivity index (χ0v) is 13.1. The number of rotatable bonds is 5. The lowest BCUT2D eigenvalue weighted by molar-refractivity contribution is 0.0563. The Morgan fingerprint density at radius 3 is 2.87 bits per heavy atom. The second-order valence-electron chi connectivity index (χ2n) is 5.14. The van der Waals surface area contributed by atoms with Crippen molar-refractivity contribution in [3.05, 3.63) is 59.7 Å². The van der Waals surface area contributed by atoms with Gasteiger partial charge in [0.2, 0.25) is 5.76 Å². The van der Waals surface area contributed by atoms with Gasteiger partial charge in [0.15, 0.2) is 0 Å². The Hall–Kier alpha value is -2.82. The molecule has 0 fully saturated rings. The molecule has 1 aromatic carbocycles. The summed E-state index contributed by atoms with van der Waals surface area (Å²) in [5.74, 6) is 0.404. The molecule has 0 saturated heterocycles.